The molecule has 1 fully saturated rings. The molecule has 3 aromatic rings. The molecule has 33 heavy (non-hydrogen) atoms. The molecule has 1 aromatic heterocycles. The van der Waals surface area contributed by atoms with Crippen LogP contribution in [0.3, 0.4) is 0 Å². The molecule has 170 valence electrons. The van der Waals surface area contributed by atoms with E-state index >= 15 is 0 Å². The molecule has 3 amide bonds. The van der Waals surface area contributed by atoms with E-state index in [1.54, 1.807) is 29.2 Å². The van der Waals surface area contributed by atoms with Crippen molar-refractivity contribution in [2.45, 2.75) is 38.3 Å². The third kappa shape index (κ3) is 4.19. The number of amides is 3. The zero-order chi connectivity index (χ0) is 22.9. The van der Waals surface area contributed by atoms with Crippen LogP contribution in [0.15, 0.2) is 48.5 Å². The summed E-state index contributed by atoms with van der Waals surface area (Å²) < 4.78 is 7.61. The summed E-state index contributed by atoms with van der Waals surface area (Å²) >= 11 is 0. The van der Waals surface area contributed by atoms with Gasteiger partial charge in [0, 0.05) is 24.9 Å². The molecule has 0 aliphatic carbocycles. The highest BCUT2D eigenvalue weighted by molar-refractivity contribution is 6.05. The van der Waals surface area contributed by atoms with Crippen LogP contribution in [0.4, 0.5) is 17.3 Å². The van der Waals surface area contributed by atoms with Gasteiger partial charge in [-0.3, -0.25) is 23.9 Å². The van der Waals surface area contributed by atoms with Crippen molar-refractivity contribution in [3.05, 3.63) is 48.5 Å². The SMILES string of the molecule is CC(=O)Nc1ccc(NC(=O)C[C@H]2C(=O)N(C[C@@H]3CCCO3)c3nc4ccccc4n32)cc1. The van der Waals surface area contributed by atoms with E-state index in [4.69, 9.17) is 4.74 Å². The molecule has 2 aliphatic heterocycles. The maximum Gasteiger partial charge on any atom is 0.253 e. The Bertz CT molecular complexity index is 1210. The number of ether oxygens (including phenoxy) is 1. The fraction of sp³-hybridized carbons (Fsp3) is 0.333. The monoisotopic (exact) mass is 447 g/mol. The molecular formula is C24H25N5O4. The third-order valence-electron chi connectivity index (χ3n) is 5.96. The average molecular weight is 447 g/mol. The Morgan fingerprint density at radius 1 is 1.09 bits per heavy atom. The van der Waals surface area contributed by atoms with Gasteiger partial charge in [0.1, 0.15) is 6.04 Å². The topological polar surface area (TPSA) is 106 Å². The molecule has 0 radical (unpaired) electrons. The first-order chi connectivity index (χ1) is 16.0. The van der Waals surface area contributed by atoms with Crippen molar-refractivity contribution in [2.24, 2.45) is 0 Å². The van der Waals surface area contributed by atoms with Gasteiger partial charge in [0.25, 0.3) is 5.91 Å². The first-order valence-electron chi connectivity index (χ1n) is 11.1. The van der Waals surface area contributed by atoms with Crippen molar-refractivity contribution in [1.82, 2.24) is 9.55 Å². The standard InChI is InChI=1S/C24H25N5O4/c1-15(30)25-16-8-10-17(11-9-16)26-22(31)13-21-23(32)28(14-18-5-4-12-33-18)24-27-19-6-2-3-7-20(19)29(21)24/h2-3,6-11,18,21H,4-5,12-14H2,1H3,(H,25,30)(H,26,31)/t18-,21-/m0/s1. The Kier molecular flexibility index (Phi) is 5.55. The molecule has 0 unspecified atom stereocenters. The maximum atomic E-state index is 13.4. The summed E-state index contributed by atoms with van der Waals surface area (Å²) in [5.74, 6) is -0.0187. The van der Waals surface area contributed by atoms with Crippen LogP contribution in [0, 0.1) is 0 Å². The number of anilines is 3. The van der Waals surface area contributed by atoms with E-state index in [9.17, 15) is 14.4 Å². The number of hydrogen-bond donors (Lipinski definition) is 2. The summed E-state index contributed by atoms with van der Waals surface area (Å²) in [5, 5.41) is 5.54. The Balaban J connectivity index is 1.36. The number of fused-ring (bicyclic) bond motifs is 3. The van der Waals surface area contributed by atoms with Gasteiger partial charge in [0.05, 0.1) is 30.1 Å². The Morgan fingerprint density at radius 3 is 2.52 bits per heavy atom. The summed E-state index contributed by atoms with van der Waals surface area (Å²) in [6, 6.07) is 13.8. The molecule has 2 N–H and O–H groups in total. The van der Waals surface area contributed by atoms with E-state index < -0.39 is 6.04 Å². The molecule has 0 spiro atoms. The minimum Gasteiger partial charge on any atom is -0.376 e. The second-order valence-corrected chi connectivity index (χ2v) is 8.38. The predicted octanol–water partition coefficient (Wildman–Crippen LogP) is 3.09. The van der Waals surface area contributed by atoms with Crippen LogP contribution in [-0.4, -0.2) is 46.5 Å². The van der Waals surface area contributed by atoms with Gasteiger partial charge in [-0.25, -0.2) is 4.98 Å². The smallest absolute Gasteiger partial charge is 0.253 e. The number of hydrogen-bond acceptors (Lipinski definition) is 5. The van der Waals surface area contributed by atoms with Gasteiger partial charge in [-0.05, 0) is 49.2 Å². The summed E-state index contributed by atoms with van der Waals surface area (Å²) in [7, 11) is 0. The lowest BCUT2D eigenvalue weighted by molar-refractivity contribution is -0.124. The number of imidazole rings is 1. The van der Waals surface area contributed by atoms with E-state index in [1.807, 2.05) is 28.8 Å². The number of nitrogens with one attached hydrogen (secondary N) is 2. The highest BCUT2D eigenvalue weighted by atomic mass is 16.5. The molecule has 5 rings (SSSR count). The normalized spacial score (nSPS) is 19.7. The predicted molar refractivity (Wildman–Crippen MR) is 124 cm³/mol. The van der Waals surface area contributed by atoms with Crippen LogP contribution < -0.4 is 15.5 Å². The lowest BCUT2D eigenvalue weighted by Gasteiger charge is -2.19. The minimum absolute atomic E-state index is 0.0122. The van der Waals surface area contributed by atoms with Crippen molar-refractivity contribution >= 4 is 46.1 Å². The molecular weight excluding hydrogens is 422 g/mol. The van der Waals surface area contributed by atoms with Crippen LogP contribution in [0.5, 0.6) is 0 Å². The van der Waals surface area contributed by atoms with Gasteiger partial charge >= 0.3 is 0 Å². The molecule has 3 heterocycles. The van der Waals surface area contributed by atoms with E-state index in [-0.39, 0.29) is 30.2 Å². The fourth-order valence-corrected chi connectivity index (χ4v) is 4.49. The lowest BCUT2D eigenvalue weighted by atomic mass is 10.1. The van der Waals surface area contributed by atoms with Crippen LogP contribution in [0.1, 0.15) is 32.2 Å². The van der Waals surface area contributed by atoms with Gasteiger partial charge in [0.2, 0.25) is 17.8 Å². The van der Waals surface area contributed by atoms with Crippen molar-refractivity contribution in [3.8, 4) is 0 Å². The second-order valence-electron chi connectivity index (χ2n) is 8.38. The molecule has 2 aromatic carbocycles. The Morgan fingerprint density at radius 2 is 1.82 bits per heavy atom. The molecule has 2 aliphatic rings. The van der Waals surface area contributed by atoms with Crippen molar-refractivity contribution in [2.75, 3.05) is 28.7 Å². The van der Waals surface area contributed by atoms with Crippen LogP contribution >= 0.6 is 0 Å². The van der Waals surface area contributed by atoms with E-state index in [0.717, 1.165) is 23.9 Å². The Labute approximate surface area is 190 Å². The molecule has 9 nitrogen and oxygen atoms in total. The fourth-order valence-electron chi connectivity index (χ4n) is 4.49. The molecule has 0 bridgehead atoms. The number of carbonyl (C=O) groups excluding carboxylic acids is 3. The van der Waals surface area contributed by atoms with E-state index in [0.29, 0.717) is 30.5 Å². The number of benzene rings is 2. The van der Waals surface area contributed by atoms with Gasteiger partial charge in [-0.15, -0.1) is 0 Å². The molecule has 0 saturated carbocycles. The third-order valence-corrected chi connectivity index (χ3v) is 5.96. The number of rotatable bonds is 6. The summed E-state index contributed by atoms with van der Waals surface area (Å²) in [5.41, 5.74) is 2.85. The van der Waals surface area contributed by atoms with Gasteiger partial charge in [-0.2, -0.15) is 0 Å². The highest BCUT2D eigenvalue weighted by Crippen LogP contribution is 2.37. The maximum absolute atomic E-state index is 13.4. The summed E-state index contributed by atoms with van der Waals surface area (Å²) in [4.78, 5) is 43.8. The van der Waals surface area contributed by atoms with Crippen LogP contribution in [0.25, 0.3) is 11.0 Å². The molecule has 2 atom stereocenters. The van der Waals surface area contributed by atoms with Gasteiger partial charge in [0.15, 0.2) is 0 Å². The average Bonchev–Trinajstić information content (AvgIpc) is 3.49. The van der Waals surface area contributed by atoms with E-state index in [1.165, 1.54) is 6.92 Å². The number of nitrogens with zero attached hydrogens (tertiary/aromatic N) is 3. The van der Waals surface area contributed by atoms with Gasteiger partial charge in [-0.1, -0.05) is 12.1 Å². The zero-order valence-electron chi connectivity index (χ0n) is 18.3. The number of carbonyl (C=O) groups is 3. The van der Waals surface area contributed by atoms with Crippen molar-refractivity contribution in [3.63, 3.8) is 0 Å². The van der Waals surface area contributed by atoms with Crippen LogP contribution in [-0.2, 0) is 19.1 Å². The minimum atomic E-state index is -0.674. The zero-order valence-corrected chi connectivity index (χ0v) is 18.3. The van der Waals surface area contributed by atoms with Crippen LogP contribution in [0.2, 0.25) is 0 Å². The largest absolute Gasteiger partial charge is 0.376 e. The lowest BCUT2D eigenvalue weighted by Crippen LogP contribution is -2.37. The first kappa shape index (κ1) is 21.1. The van der Waals surface area contributed by atoms with Crippen molar-refractivity contribution in [1.29, 1.82) is 0 Å². The number of para-hydroxylation sites is 2. The second kappa shape index (κ2) is 8.67. The summed E-state index contributed by atoms with van der Waals surface area (Å²) in [6.45, 7) is 2.57. The van der Waals surface area contributed by atoms with E-state index in [2.05, 4.69) is 15.6 Å². The highest BCUT2D eigenvalue weighted by Gasteiger charge is 2.42. The molecule has 9 heteroatoms. The number of aromatic nitrogens is 2. The quantitative estimate of drug-likeness (QED) is 0.604. The van der Waals surface area contributed by atoms with Crippen molar-refractivity contribution < 1.29 is 19.1 Å². The first-order valence-corrected chi connectivity index (χ1v) is 11.1. The molecule has 1 saturated heterocycles. The van der Waals surface area contributed by atoms with Gasteiger partial charge < -0.3 is 15.4 Å². The Hall–Kier alpha value is -3.72. The summed E-state index contributed by atoms with van der Waals surface area (Å²) in [6.07, 6.45) is 1.86.